The summed E-state index contributed by atoms with van der Waals surface area (Å²) in [5, 5.41) is 0. The molecule has 3 rings (SSSR count). The second-order valence-corrected chi connectivity index (χ2v) is 6.72. The van der Waals surface area contributed by atoms with E-state index < -0.39 is 0 Å². The van der Waals surface area contributed by atoms with Gasteiger partial charge in [-0.25, -0.2) is 0 Å². The van der Waals surface area contributed by atoms with Gasteiger partial charge in [-0.3, -0.25) is 4.79 Å². The summed E-state index contributed by atoms with van der Waals surface area (Å²) in [7, 11) is 1.65. The molecule has 1 amide bonds. The summed E-state index contributed by atoms with van der Waals surface area (Å²) in [4.78, 5) is 17.2. The van der Waals surface area contributed by atoms with Gasteiger partial charge < -0.3 is 19.3 Å². The molecule has 0 aliphatic carbocycles. The average Bonchev–Trinajstić information content (AvgIpc) is 2.99. The predicted molar refractivity (Wildman–Crippen MR) is 93.3 cm³/mol. The molecule has 1 aromatic carbocycles. The molecular weight excluding hydrogens is 304 g/mol. The van der Waals surface area contributed by atoms with E-state index in [-0.39, 0.29) is 12.0 Å². The van der Waals surface area contributed by atoms with Gasteiger partial charge in [0.1, 0.15) is 5.75 Å². The van der Waals surface area contributed by atoms with Crippen molar-refractivity contribution in [1.82, 2.24) is 9.80 Å². The SMILES string of the molecule is COc1cccc(CC(=O)N2CCCOC(CN3CCCC3)C2)c1. The number of rotatable bonds is 5. The highest BCUT2D eigenvalue weighted by Crippen LogP contribution is 2.16. The van der Waals surface area contributed by atoms with Crippen LogP contribution in [0.25, 0.3) is 0 Å². The number of likely N-dealkylation sites (tertiary alicyclic amines) is 1. The summed E-state index contributed by atoms with van der Waals surface area (Å²) < 4.78 is 11.2. The molecule has 2 aliphatic heterocycles. The number of methoxy groups -OCH3 is 1. The number of carbonyl (C=O) groups excluding carboxylic acids is 1. The zero-order valence-corrected chi connectivity index (χ0v) is 14.6. The molecule has 0 aromatic heterocycles. The minimum absolute atomic E-state index is 0.139. The van der Waals surface area contributed by atoms with Gasteiger partial charge in [0.25, 0.3) is 0 Å². The van der Waals surface area contributed by atoms with Crippen molar-refractivity contribution in [3.05, 3.63) is 29.8 Å². The fourth-order valence-corrected chi connectivity index (χ4v) is 3.55. The highest BCUT2D eigenvalue weighted by Gasteiger charge is 2.25. The van der Waals surface area contributed by atoms with E-state index in [4.69, 9.17) is 9.47 Å². The van der Waals surface area contributed by atoms with E-state index in [1.807, 2.05) is 29.2 Å². The van der Waals surface area contributed by atoms with Crippen molar-refractivity contribution < 1.29 is 14.3 Å². The van der Waals surface area contributed by atoms with Gasteiger partial charge in [0.05, 0.1) is 19.6 Å². The first-order valence-electron chi connectivity index (χ1n) is 8.99. The van der Waals surface area contributed by atoms with Crippen molar-refractivity contribution in [3.63, 3.8) is 0 Å². The molecule has 2 aliphatic rings. The molecule has 0 saturated carbocycles. The van der Waals surface area contributed by atoms with Crippen LogP contribution in [-0.2, 0) is 16.0 Å². The van der Waals surface area contributed by atoms with E-state index in [2.05, 4.69) is 4.90 Å². The predicted octanol–water partition coefficient (Wildman–Crippen LogP) is 1.95. The van der Waals surface area contributed by atoms with Crippen LogP contribution >= 0.6 is 0 Å². The van der Waals surface area contributed by atoms with Crippen LogP contribution in [0.2, 0.25) is 0 Å². The minimum atomic E-state index is 0.139. The first-order valence-corrected chi connectivity index (χ1v) is 8.99. The number of carbonyl (C=O) groups is 1. The normalized spacial score (nSPS) is 22.4. The lowest BCUT2D eigenvalue weighted by molar-refractivity contribution is -0.131. The van der Waals surface area contributed by atoms with Gasteiger partial charge in [-0.2, -0.15) is 0 Å². The number of hydrogen-bond acceptors (Lipinski definition) is 4. The summed E-state index contributed by atoms with van der Waals surface area (Å²) in [5.41, 5.74) is 1.00. The van der Waals surface area contributed by atoms with E-state index in [9.17, 15) is 4.79 Å². The van der Waals surface area contributed by atoms with Crippen LogP contribution in [0.4, 0.5) is 0 Å². The maximum Gasteiger partial charge on any atom is 0.227 e. The minimum Gasteiger partial charge on any atom is -0.497 e. The summed E-state index contributed by atoms with van der Waals surface area (Å²) in [6.07, 6.45) is 4.05. The van der Waals surface area contributed by atoms with Gasteiger partial charge >= 0.3 is 0 Å². The van der Waals surface area contributed by atoms with Crippen LogP contribution in [0.1, 0.15) is 24.8 Å². The van der Waals surface area contributed by atoms with Gasteiger partial charge in [-0.15, -0.1) is 0 Å². The van der Waals surface area contributed by atoms with Gasteiger partial charge in [-0.05, 0) is 50.0 Å². The lowest BCUT2D eigenvalue weighted by Crippen LogP contribution is -2.42. The van der Waals surface area contributed by atoms with Gasteiger partial charge in [-0.1, -0.05) is 12.1 Å². The molecule has 1 atom stereocenters. The zero-order valence-electron chi connectivity index (χ0n) is 14.6. The Hall–Kier alpha value is -1.59. The molecule has 2 heterocycles. The molecule has 5 heteroatoms. The van der Waals surface area contributed by atoms with E-state index in [1.165, 1.54) is 12.8 Å². The Bertz CT molecular complexity index is 543. The lowest BCUT2D eigenvalue weighted by Gasteiger charge is -2.27. The van der Waals surface area contributed by atoms with Crippen molar-refractivity contribution in [3.8, 4) is 5.75 Å². The molecule has 2 saturated heterocycles. The molecule has 24 heavy (non-hydrogen) atoms. The zero-order chi connectivity index (χ0) is 16.8. The molecule has 0 radical (unpaired) electrons. The first-order chi connectivity index (χ1) is 11.7. The Morgan fingerprint density at radius 1 is 1.25 bits per heavy atom. The van der Waals surface area contributed by atoms with E-state index in [0.29, 0.717) is 13.0 Å². The average molecular weight is 332 g/mol. The maximum atomic E-state index is 12.7. The number of amides is 1. The third-order valence-corrected chi connectivity index (χ3v) is 4.85. The summed E-state index contributed by atoms with van der Waals surface area (Å²) >= 11 is 0. The van der Waals surface area contributed by atoms with E-state index >= 15 is 0 Å². The van der Waals surface area contributed by atoms with Crippen molar-refractivity contribution in [2.75, 3.05) is 46.4 Å². The van der Waals surface area contributed by atoms with Gasteiger partial charge in [0.2, 0.25) is 5.91 Å². The fourth-order valence-electron chi connectivity index (χ4n) is 3.55. The second kappa shape index (κ2) is 8.49. The molecule has 1 aromatic rings. The van der Waals surface area contributed by atoms with Crippen LogP contribution in [0.5, 0.6) is 5.75 Å². The number of nitrogens with zero attached hydrogens (tertiary/aromatic N) is 2. The summed E-state index contributed by atoms with van der Waals surface area (Å²) in [5.74, 6) is 0.978. The Morgan fingerprint density at radius 2 is 2.08 bits per heavy atom. The molecule has 132 valence electrons. The Balaban J connectivity index is 1.57. The van der Waals surface area contributed by atoms with Crippen LogP contribution in [0.15, 0.2) is 24.3 Å². The highest BCUT2D eigenvalue weighted by atomic mass is 16.5. The third kappa shape index (κ3) is 4.71. The highest BCUT2D eigenvalue weighted by molar-refractivity contribution is 5.79. The monoisotopic (exact) mass is 332 g/mol. The van der Waals surface area contributed by atoms with Gasteiger partial charge in [0.15, 0.2) is 0 Å². The van der Waals surface area contributed by atoms with E-state index in [0.717, 1.165) is 50.5 Å². The number of hydrogen-bond donors (Lipinski definition) is 0. The standard InChI is InChI=1S/C19H28N2O3/c1-23-17-7-4-6-16(12-17)13-19(22)21-10-5-11-24-18(15-21)14-20-8-2-3-9-20/h4,6-7,12,18H,2-3,5,8-11,13-15H2,1H3. The van der Waals surface area contributed by atoms with Crippen LogP contribution in [0, 0.1) is 0 Å². The van der Waals surface area contributed by atoms with Crippen molar-refractivity contribution >= 4 is 5.91 Å². The number of ether oxygens (including phenoxy) is 2. The maximum absolute atomic E-state index is 12.7. The molecule has 0 bridgehead atoms. The fraction of sp³-hybridized carbons (Fsp3) is 0.632. The lowest BCUT2D eigenvalue weighted by atomic mass is 10.1. The van der Waals surface area contributed by atoms with Crippen LogP contribution in [-0.4, -0.2) is 68.3 Å². The summed E-state index contributed by atoms with van der Waals surface area (Å²) in [6, 6.07) is 7.76. The molecule has 2 fully saturated rings. The Labute approximate surface area is 144 Å². The Kier molecular flexibility index (Phi) is 6.10. The largest absolute Gasteiger partial charge is 0.497 e. The van der Waals surface area contributed by atoms with Crippen molar-refractivity contribution in [2.24, 2.45) is 0 Å². The molecular formula is C19H28N2O3. The third-order valence-electron chi connectivity index (χ3n) is 4.85. The van der Waals surface area contributed by atoms with Crippen molar-refractivity contribution in [1.29, 1.82) is 0 Å². The topological polar surface area (TPSA) is 42.0 Å². The first kappa shape index (κ1) is 17.2. The van der Waals surface area contributed by atoms with Gasteiger partial charge in [0, 0.05) is 26.2 Å². The second-order valence-electron chi connectivity index (χ2n) is 6.72. The van der Waals surface area contributed by atoms with Crippen molar-refractivity contribution in [2.45, 2.75) is 31.8 Å². The molecule has 0 spiro atoms. The Morgan fingerprint density at radius 3 is 2.88 bits per heavy atom. The molecule has 1 unspecified atom stereocenters. The molecule has 5 nitrogen and oxygen atoms in total. The quantitative estimate of drug-likeness (QED) is 0.826. The summed E-state index contributed by atoms with van der Waals surface area (Å²) in [6.45, 7) is 5.53. The van der Waals surface area contributed by atoms with Crippen LogP contribution in [0.3, 0.4) is 0 Å². The van der Waals surface area contributed by atoms with E-state index in [1.54, 1.807) is 7.11 Å². The number of benzene rings is 1. The molecule has 0 N–H and O–H groups in total. The van der Waals surface area contributed by atoms with Crippen LogP contribution < -0.4 is 4.74 Å². The smallest absolute Gasteiger partial charge is 0.227 e.